The van der Waals surface area contributed by atoms with E-state index in [1.165, 1.54) is 23.1 Å². The number of hydrogen-bond acceptors (Lipinski definition) is 5. The van der Waals surface area contributed by atoms with E-state index in [1.54, 1.807) is 5.38 Å². The third-order valence-corrected chi connectivity index (χ3v) is 4.84. The zero-order valence-electron chi connectivity index (χ0n) is 12.6. The van der Waals surface area contributed by atoms with Gasteiger partial charge in [0.1, 0.15) is 0 Å². The van der Waals surface area contributed by atoms with Crippen molar-refractivity contribution in [2.75, 3.05) is 5.75 Å². The van der Waals surface area contributed by atoms with Crippen molar-refractivity contribution in [1.29, 1.82) is 0 Å². The zero-order valence-corrected chi connectivity index (χ0v) is 14.2. The van der Waals surface area contributed by atoms with Gasteiger partial charge < -0.3 is 10.4 Å². The average molecular weight is 330 g/mol. The number of hydrogen-bond donors (Lipinski definition) is 2. The van der Waals surface area contributed by atoms with E-state index >= 15 is 0 Å². The van der Waals surface area contributed by atoms with E-state index in [9.17, 15) is 9.59 Å². The van der Waals surface area contributed by atoms with Crippen LogP contribution in [0.3, 0.4) is 0 Å². The molecule has 0 saturated carbocycles. The van der Waals surface area contributed by atoms with Gasteiger partial charge in [-0.2, -0.15) is 0 Å². The maximum atomic E-state index is 11.8. The second-order valence-electron chi connectivity index (χ2n) is 5.40. The highest BCUT2D eigenvalue weighted by Gasteiger charge is 2.11. The first-order valence-corrected chi connectivity index (χ1v) is 8.81. The van der Waals surface area contributed by atoms with Crippen LogP contribution in [0.2, 0.25) is 0 Å². The molecule has 1 atom stereocenters. The Kier molecular flexibility index (Phi) is 7.74. The van der Waals surface area contributed by atoms with Gasteiger partial charge in [-0.1, -0.05) is 25.6 Å². The van der Waals surface area contributed by atoms with Crippen LogP contribution in [0.4, 0.5) is 0 Å². The molecule has 0 radical (unpaired) electrons. The molecule has 1 aromatic heterocycles. The van der Waals surface area contributed by atoms with Crippen molar-refractivity contribution in [3.8, 4) is 0 Å². The lowest BCUT2D eigenvalue weighted by Crippen LogP contribution is -2.34. The van der Waals surface area contributed by atoms with Crippen LogP contribution in [-0.4, -0.2) is 33.8 Å². The number of aromatic nitrogens is 1. The number of thiazole rings is 1. The Labute approximate surface area is 133 Å². The summed E-state index contributed by atoms with van der Waals surface area (Å²) in [6, 6.07) is 0.180. The lowest BCUT2D eigenvalue weighted by molar-refractivity contribution is -0.136. The summed E-state index contributed by atoms with van der Waals surface area (Å²) in [6.07, 6.45) is 2.00. The van der Waals surface area contributed by atoms with E-state index in [1.807, 2.05) is 6.92 Å². The smallest absolute Gasteiger partial charge is 0.309 e. The lowest BCUT2D eigenvalue weighted by atomic mass is 10.0. The Balaban J connectivity index is 2.29. The highest BCUT2D eigenvalue weighted by Crippen LogP contribution is 2.22. The van der Waals surface area contributed by atoms with Crippen LogP contribution in [0.25, 0.3) is 0 Å². The van der Waals surface area contributed by atoms with E-state index in [4.69, 9.17) is 5.11 Å². The second-order valence-corrected chi connectivity index (χ2v) is 7.48. The molecule has 7 heteroatoms. The summed E-state index contributed by atoms with van der Waals surface area (Å²) in [5.74, 6) is 0.0491. The number of carbonyl (C=O) groups is 2. The van der Waals surface area contributed by atoms with Gasteiger partial charge in [0.2, 0.25) is 5.91 Å². The van der Waals surface area contributed by atoms with Gasteiger partial charge in [-0.3, -0.25) is 9.59 Å². The number of aliphatic carboxylic acids is 1. The number of carbonyl (C=O) groups excluding carboxylic acids is 1. The van der Waals surface area contributed by atoms with Gasteiger partial charge in [-0.05, 0) is 25.7 Å². The lowest BCUT2D eigenvalue weighted by Gasteiger charge is -2.14. The van der Waals surface area contributed by atoms with Crippen molar-refractivity contribution in [3.63, 3.8) is 0 Å². The van der Waals surface area contributed by atoms with Crippen LogP contribution in [0.15, 0.2) is 9.72 Å². The first-order valence-electron chi connectivity index (χ1n) is 6.95. The topological polar surface area (TPSA) is 79.3 Å². The second kappa shape index (κ2) is 9.04. The summed E-state index contributed by atoms with van der Waals surface area (Å²) in [5.41, 5.74) is 0.542. The van der Waals surface area contributed by atoms with Gasteiger partial charge in [0, 0.05) is 11.4 Å². The third-order valence-electron chi connectivity index (χ3n) is 2.77. The number of rotatable bonds is 9. The van der Waals surface area contributed by atoms with Gasteiger partial charge in [-0.15, -0.1) is 11.3 Å². The van der Waals surface area contributed by atoms with E-state index in [2.05, 4.69) is 24.1 Å². The molecule has 1 aromatic rings. The number of nitrogens with one attached hydrogen (secondary N) is 1. The van der Waals surface area contributed by atoms with Gasteiger partial charge in [0.15, 0.2) is 4.34 Å². The van der Waals surface area contributed by atoms with E-state index in [-0.39, 0.29) is 18.4 Å². The summed E-state index contributed by atoms with van der Waals surface area (Å²) >= 11 is 2.72. The van der Waals surface area contributed by atoms with Gasteiger partial charge in [-0.25, -0.2) is 4.98 Å². The summed E-state index contributed by atoms with van der Waals surface area (Å²) in [7, 11) is 0. The molecule has 1 heterocycles. The summed E-state index contributed by atoms with van der Waals surface area (Å²) in [5, 5.41) is 13.4. The molecule has 0 aliphatic heterocycles. The average Bonchev–Trinajstić information content (AvgIpc) is 2.80. The minimum Gasteiger partial charge on any atom is -0.481 e. The quantitative estimate of drug-likeness (QED) is 0.681. The minimum atomic E-state index is -0.895. The molecule has 1 unspecified atom stereocenters. The minimum absolute atomic E-state index is 0.00811. The molecule has 0 aliphatic rings. The Morgan fingerprint density at radius 1 is 1.38 bits per heavy atom. The first kappa shape index (κ1) is 18.0. The Bertz CT molecular complexity index is 475. The van der Waals surface area contributed by atoms with Crippen LogP contribution < -0.4 is 5.32 Å². The molecule has 0 bridgehead atoms. The Morgan fingerprint density at radius 2 is 2.10 bits per heavy atom. The molecule has 2 N–H and O–H groups in total. The molecular weight excluding hydrogens is 308 g/mol. The summed E-state index contributed by atoms with van der Waals surface area (Å²) in [6.45, 7) is 6.35. The normalized spacial score (nSPS) is 12.4. The van der Waals surface area contributed by atoms with Crippen molar-refractivity contribution in [2.24, 2.45) is 5.92 Å². The molecular formula is C14H22N2O3S2. The van der Waals surface area contributed by atoms with Crippen LogP contribution in [0.5, 0.6) is 0 Å². The van der Waals surface area contributed by atoms with Crippen molar-refractivity contribution < 1.29 is 14.7 Å². The highest BCUT2D eigenvalue weighted by molar-refractivity contribution is 8.01. The van der Waals surface area contributed by atoms with Crippen molar-refractivity contribution in [2.45, 2.75) is 50.4 Å². The predicted molar refractivity (Wildman–Crippen MR) is 85.9 cm³/mol. The summed E-state index contributed by atoms with van der Waals surface area (Å²) < 4.78 is 0.733. The number of carboxylic acid groups (broad SMARTS) is 1. The Morgan fingerprint density at radius 3 is 2.71 bits per heavy atom. The number of amides is 1. The van der Waals surface area contributed by atoms with Crippen LogP contribution >= 0.6 is 23.1 Å². The van der Waals surface area contributed by atoms with Gasteiger partial charge >= 0.3 is 5.97 Å². The zero-order chi connectivity index (χ0) is 15.8. The molecule has 118 valence electrons. The molecule has 0 spiro atoms. The number of nitrogens with zero attached hydrogens (tertiary/aromatic N) is 1. The standard InChI is InChI=1S/C14H22N2O3S2/c1-9(2)4-5-10(3)15-12(17)8-21-14-16-11(7-20-14)6-13(18)19/h7,9-10H,4-6,8H2,1-3H3,(H,15,17)(H,18,19). The molecule has 5 nitrogen and oxygen atoms in total. The van der Waals surface area contributed by atoms with Crippen molar-refractivity contribution in [3.05, 3.63) is 11.1 Å². The fourth-order valence-corrected chi connectivity index (χ4v) is 3.35. The number of thioether (sulfide) groups is 1. The molecule has 1 amide bonds. The molecule has 0 saturated heterocycles. The molecule has 1 rings (SSSR count). The molecule has 0 aromatic carbocycles. The largest absolute Gasteiger partial charge is 0.481 e. The fraction of sp³-hybridized carbons (Fsp3) is 0.643. The van der Waals surface area contributed by atoms with Crippen LogP contribution in [0, 0.1) is 5.92 Å². The SMILES string of the molecule is CC(C)CCC(C)NC(=O)CSc1nc(CC(=O)O)cs1. The monoisotopic (exact) mass is 330 g/mol. The van der Waals surface area contributed by atoms with Crippen molar-refractivity contribution in [1.82, 2.24) is 10.3 Å². The molecule has 21 heavy (non-hydrogen) atoms. The van der Waals surface area contributed by atoms with E-state index in [0.29, 0.717) is 17.4 Å². The predicted octanol–water partition coefficient (Wildman–Crippen LogP) is 2.80. The van der Waals surface area contributed by atoms with Crippen molar-refractivity contribution >= 4 is 35.0 Å². The Hall–Kier alpha value is -1.08. The van der Waals surface area contributed by atoms with Gasteiger partial charge in [0.05, 0.1) is 17.9 Å². The van der Waals surface area contributed by atoms with Gasteiger partial charge in [0.25, 0.3) is 0 Å². The maximum absolute atomic E-state index is 11.8. The molecule has 0 fully saturated rings. The fourth-order valence-electron chi connectivity index (χ4n) is 1.69. The van der Waals surface area contributed by atoms with E-state index < -0.39 is 5.97 Å². The maximum Gasteiger partial charge on any atom is 0.309 e. The van der Waals surface area contributed by atoms with Crippen LogP contribution in [-0.2, 0) is 16.0 Å². The highest BCUT2D eigenvalue weighted by atomic mass is 32.2. The molecule has 0 aliphatic carbocycles. The first-order chi connectivity index (χ1) is 9.86. The third kappa shape index (κ3) is 8.06. The number of carboxylic acids is 1. The van der Waals surface area contributed by atoms with Crippen LogP contribution in [0.1, 0.15) is 39.3 Å². The summed E-state index contributed by atoms with van der Waals surface area (Å²) in [4.78, 5) is 26.6. The van der Waals surface area contributed by atoms with E-state index in [0.717, 1.165) is 17.2 Å².